The lowest BCUT2D eigenvalue weighted by atomic mass is 10.1. The van der Waals surface area contributed by atoms with Crippen molar-refractivity contribution in [3.05, 3.63) is 75.6 Å². The standard InChI is InChI=1S/C21H20N4OS/c1-13-5-4-6-15(9-13)20-23-24-21(25(20)3)27-12-16-11-19(26)17-10-14(2)7-8-18(17)22-16/h4-11H,12H2,1-3H3,(H,22,26). The molecule has 0 saturated carbocycles. The molecule has 0 amide bonds. The smallest absolute Gasteiger partial charge is 0.191 e. The van der Waals surface area contributed by atoms with E-state index in [1.165, 1.54) is 5.56 Å². The van der Waals surface area contributed by atoms with Crippen LogP contribution in [0.15, 0.2) is 58.5 Å². The minimum absolute atomic E-state index is 0.0430. The molecule has 0 spiro atoms. The van der Waals surface area contributed by atoms with Crippen molar-refractivity contribution in [3.63, 3.8) is 0 Å². The number of H-pyrrole nitrogens is 1. The second-order valence-corrected chi connectivity index (χ2v) is 7.67. The fraction of sp³-hybridized carbons (Fsp3) is 0.190. The van der Waals surface area contributed by atoms with Crippen molar-refractivity contribution < 1.29 is 0 Å². The van der Waals surface area contributed by atoms with E-state index in [0.29, 0.717) is 5.75 Å². The first kappa shape index (κ1) is 17.5. The summed E-state index contributed by atoms with van der Waals surface area (Å²) in [6, 6.07) is 15.8. The average Bonchev–Trinajstić information content (AvgIpc) is 3.01. The predicted octanol–water partition coefficient (Wildman–Crippen LogP) is 4.23. The van der Waals surface area contributed by atoms with Crippen molar-refractivity contribution in [3.8, 4) is 11.4 Å². The molecule has 2 aromatic heterocycles. The van der Waals surface area contributed by atoms with Gasteiger partial charge < -0.3 is 9.55 Å². The molecule has 4 rings (SSSR count). The molecule has 27 heavy (non-hydrogen) atoms. The first-order valence-electron chi connectivity index (χ1n) is 8.73. The number of thioether (sulfide) groups is 1. The fourth-order valence-electron chi connectivity index (χ4n) is 3.11. The van der Waals surface area contributed by atoms with Crippen LogP contribution >= 0.6 is 11.8 Å². The number of nitrogens with zero attached hydrogens (tertiary/aromatic N) is 3. The summed E-state index contributed by atoms with van der Waals surface area (Å²) in [5.41, 5.74) is 5.10. The minimum atomic E-state index is 0.0430. The molecule has 0 bridgehead atoms. The van der Waals surface area contributed by atoms with Gasteiger partial charge in [-0.3, -0.25) is 4.79 Å². The molecule has 0 unspecified atom stereocenters. The van der Waals surface area contributed by atoms with Gasteiger partial charge in [0.1, 0.15) is 0 Å². The number of hydrogen-bond donors (Lipinski definition) is 1. The number of nitrogens with one attached hydrogen (secondary N) is 1. The van der Waals surface area contributed by atoms with E-state index < -0.39 is 0 Å². The molecule has 136 valence electrons. The zero-order valence-corrected chi connectivity index (χ0v) is 16.3. The highest BCUT2D eigenvalue weighted by molar-refractivity contribution is 7.98. The first-order valence-corrected chi connectivity index (χ1v) is 9.71. The van der Waals surface area contributed by atoms with Crippen LogP contribution in [0.5, 0.6) is 0 Å². The molecule has 0 aliphatic heterocycles. The van der Waals surface area contributed by atoms with E-state index >= 15 is 0 Å². The number of rotatable bonds is 4. The minimum Gasteiger partial charge on any atom is -0.357 e. The van der Waals surface area contributed by atoms with Crippen LogP contribution in [0.25, 0.3) is 22.3 Å². The van der Waals surface area contributed by atoms with Gasteiger partial charge in [-0.1, -0.05) is 47.2 Å². The van der Waals surface area contributed by atoms with Gasteiger partial charge in [-0.05, 0) is 32.0 Å². The molecule has 0 atom stereocenters. The Hall–Kier alpha value is -2.86. The largest absolute Gasteiger partial charge is 0.357 e. The third-order valence-corrected chi connectivity index (χ3v) is 5.58. The van der Waals surface area contributed by atoms with E-state index in [0.717, 1.165) is 38.7 Å². The molecular weight excluding hydrogens is 356 g/mol. The molecule has 6 heteroatoms. The van der Waals surface area contributed by atoms with Gasteiger partial charge in [-0.2, -0.15) is 0 Å². The highest BCUT2D eigenvalue weighted by Gasteiger charge is 2.12. The summed E-state index contributed by atoms with van der Waals surface area (Å²) in [5, 5.41) is 10.2. The van der Waals surface area contributed by atoms with Crippen molar-refractivity contribution >= 4 is 22.7 Å². The molecular formula is C21H20N4OS. The number of aromatic nitrogens is 4. The van der Waals surface area contributed by atoms with Gasteiger partial charge in [0.2, 0.25) is 0 Å². The summed E-state index contributed by atoms with van der Waals surface area (Å²) >= 11 is 1.56. The lowest BCUT2D eigenvalue weighted by Gasteiger charge is -2.06. The molecule has 0 aliphatic carbocycles. The van der Waals surface area contributed by atoms with Crippen LogP contribution < -0.4 is 5.43 Å². The number of aromatic amines is 1. The van der Waals surface area contributed by atoms with Crippen molar-refractivity contribution in [2.75, 3.05) is 0 Å². The summed E-state index contributed by atoms with van der Waals surface area (Å²) < 4.78 is 1.99. The maximum atomic E-state index is 12.4. The summed E-state index contributed by atoms with van der Waals surface area (Å²) in [7, 11) is 1.96. The van der Waals surface area contributed by atoms with E-state index in [2.05, 4.69) is 34.2 Å². The maximum Gasteiger partial charge on any atom is 0.191 e. The van der Waals surface area contributed by atoms with E-state index in [4.69, 9.17) is 0 Å². The monoisotopic (exact) mass is 376 g/mol. The van der Waals surface area contributed by atoms with Gasteiger partial charge in [0.05, 0.1) is 0 Å². The van der Waals surface area contributed by atoms with Gasteiger partial charge in [-0.15, -0.1) is 10.2 Å². The molecule has 4 aromatic rings. The highest BCUT2D eigenvalue weighted by Crippen LogP contribution is 2.25. The normalized spacial score (nSPS) is 11.2. The lowest BCUT2D eigenvalue weighted by molar-refractivity contribution is 0.793. The van der Waals surface area contributed by atoms with E-state index in [1.807, 2.05) is 48.9 Å². The molecule has 0 fully saturated rings. The molecule has 2 heterocycles. The molecule has 2 aromatic carbocycles. The van der Waals surface area contributed by atoms with Crippen molar-refractivity contribution in [2.45, 2.75) is 24.8 Å². The number of pyridine rings is 1. The van der Waals surface area contributed by atoms with Crippen LogP contribution in [0.3, 0.4) is 0 Å². The van der Waals surface area contributed by atoms with Gasteiger partial charge in [0.15, 0.2) is 16.4 Å². The summed E-state index contributed by atoms with van der Waals surface area (Å²) in [4.78, 5) is 15.7. The molecule has 0 aliphatic rings. The third kappa shape index (κ3) is 3.53. The molecule has 0 saturated heterocycles. The van der Waals surface area contributed by atoms with Crippen LogP contribution in [-0.4, -0.2) is 19.7 Å². The molecule has 1 N–H and O–H groups in total. The van der Waals surface area contributed by atoms with Crippen LogP contribution in [0.4, 0.5) is 0 Å². The van der Waals surface area contributed by atoms with E-state index in [9.17, 15) is 4.79 Å². The van der Waals surface area contributed by atoms with Crippen LogP contribution in [-0.2, 0) is 12.8 Å². The Bertz CT molecular complexity index is 1190. The second-order valence-electron chi connectivity index (χ2n) is 6.73. The highest BCUT2D eigenvalue weighted by atomic mass is 32.2. The summed E-state index contributed by atoms with van der Waals surface area (Å²) in [6.45, 7) is 4.05. The number of benzene rings is 2. The summed E-state index contributed by atoms with van der Waals surface area (Å²) in [5.74, 6) is 1.46. The zero-order valence-electron chi connectivity index (χ0n) is 15.5. The van der Waals surface area contributed by atoms with Gasteiger partial charge in [0.25, 0.3) is 0 Å². The Morgan fingerprint density at radius 2 is 1.85 bits per heavy atom. The van der Waals surface area contributed by atoms with Gasteiger partial charge in [0, 0.05) is 41.0 Å². The second kappa shape index (κ2) is 7.04. The Morgan fingerprint density at radius 3 is 2.67 bits per heavy atom. The van der Waals surface area contributed by atoms with E-state index in [-0.39, 0.29) is 5.43 Å². The average molecular weight is 376 g/mol. The summed E-state index contributed by atoms with van der Waals surface area (Å²) in [6.07, 6.45) is 0. The Balaban J connectivity index is 1.58. The third-order valence-electron chi connectivity index (χ3n) is 4.51. The number of aryl methyl sites for hydroxylation is 2. The maximum absolute atomic E-state index is 12.4. The van der Waals surface area contributed by atoms with Crippen LogP contribution in [0.2, 0.25) is 0 Å². The fourth-order valence-corrected chi connectivity index (χ4v) is 3.93. The zero-order chi connectivity index (χ0) is 19.0. The SMILES string of the molecule is Cc1cccc(-c2nnc(SCc3cc(=O)c4cc(C)ccc4[nH]3)n2C)c1. The Kier molecular flexibility index (Phi) is 4.58. The van der Waals surface area contributed by atoms with Crippen LogP contribution in [0.1, 0.15) is 16.8 Å². The topological polar surface area (TPSA) is 63.6 Å². The first-order chi connectivity index (χ1) is 13.0. The molecule has 5 nitrogen and oxygen atoms in total. The van der Waals surface area contributed by atoms with Crippen molar-refractivity contribution in [1.82, 2.24) is 19.7 Å². The van der Waals surface area contributed by atoms with Gasteiger partial charge >= 0.3 is 0 Å². The van der Waals surface area contributed by atoms with Crippen molar-refractivity contribution in [2.24, 2.45) is 7.05 Å². The number of fused-ring (bicyclic) bond motifs is 1. The molecule has 0 radical (unpaired) electrons. The Morgan fingerprint density at radius 1 is 1.04 bits per heavy atom. The number of hydrogen-bond acceptors (Lipinski definition) is 4. The lowest BCUT2D eigenvalue weighted by Crippen LogP contribution is -2.05. The van der Waals surface area contributed by atoms with Crippen molar-refractivity contribution in [1.29, 1.82) is 0 Å². The Labute approximate surface area is 161 Å². The quantitative estimate of drug-likeness (QED) is 0.541. The van der Waals surface area contributed by atoms with E-state index in [1.54, 1.807) is 17.8 Å². The van der Waals surface area contributed by atoms with Gasteiger partial charge in [-0.25, -0.2) is 0 Å². The predicted molar refractivity (Wildman–Crippen MR) is 110 cm³/mol. The van der Waals surface area contributed by atoms with Crippen LogP contribution in [0, 0.1) is 13.8 Å².